The van der Waals surface area contributed by atoms with Crippen LogP contribution < -0.4 is 20.1 Å². The Balaban J connectivity index is 1.73. The van der Waals surface area contributed by atoms with E-state index >= 15 is 0 Å². The number of aryl methyl sites for hydroxylation is 1. The highest BCUT2D eigenvalue weighted by Crippen LogP contribution is 2.25. The zero-order chi connectivity index (χ0) is 20.6. The SMILES string of the molecule is COc1ccc(CN=C(NCc2cccs2)NCc2nnc(C)n2C)c(OC)c1. The third-order valence-electron chi connectivity index (χ3n) is 4.51. The molecule has 0 unspecified atom stereocenters. The first-order valence-electron chi connectivity index (χ1n) is 9.21. The van der Waals surface area contributed by atoms with Crippen molar-refractivity contribution in [3.05, 3.63) is 57.8 Å². The predicted octanol–water partition coefficient (Wildman–Crippen LogP) is 2.64. The molecule has 0 spiro atoms. The number of hydrogen-bond donors (Lipinski definition) is 2. The van der Waals surface area contributed by atoms with Gasteiger partial charge in [0.2, 0.25) is 0 Å². The van der Waals surface area contributed by atoms with Crippen molar-refractivity contribution in [1.29, 1.82) is 0 Å². The van der Waals surface area contributed by atoms with Gasteiger partial charge in [0, 0.05) is 23.6 Å². The first-order chi connectivity index (χ1) is 14.1. The van der Waals surface area contributed by atoms with Crippen LogP contribution in [0.5, 0.6) is 11.5 Å². The Hall–Kier alpha value is -3.07. The molecule has 0 aliphatic heterocycles. The molecule has 29 heavy (non-hydrogen) atoms. The third-order valence-corrected chi connectivity index (χ3v) is 5.38. The van der Waals surface area contributed by atoms with Gasteiger partial charge in [0.05, 0.1) is 33.9 Å². The molecule has 3 aromatic rings. The lowest BCUT2D eigenvalue weighted by molar-refractivity contribution is 0.391. The van der Waals surface area contributed by atoms with Crippen LogP contribution in [-0.4, -0.2) is 34.9 Å². The first-order valence-corrected chi connectivity index (χ1v) is 10.1. The summed E-state index contributed by atoms with van der Waals surface area (Å²) in [4.78, 5) is 5.96. The van der Waals surface area contributed by atoms with E-state index in [4.69, 9.17) is 14.5 Å². The van der Waals surface area contributed by atoms with Crippen LogP contribution in [0.25, 0.3) is 0 Å². The Morgan fingerprint density at radius 1 is 1.14 bits per heavy atom. The molecular formula is C20H26N6O2S. The van der Waals surface area contributed by atoms with Gasteiger partial charge in [-0.05, 0) is 30.5 Å². The van der Waals surface area contributed by atoms with E-state index in [0.717, 1.165) is 28.7 Å². The summed E-state index contributed by atoms with van der Waals surface area (Å²) in [6.07, 6.45) is 0. The highest BCUT2D eigenvalue weighted by molar-refractivity contribution is 7.09. The summed E-state index contributed by atoms with van der Waals surface area (Å²) in [6.45, 7) is 3.61. The molecular weight excluding hydrogens is 388 g/mol. The van der Waals surface area contributed by atoms with Gasteiger partial charge in [0.15, 0.2) is 11.8 Å². The molecule has 0 radical (unpaired) electrons. The van der Waals surface area contributed by atoms with Crippen molar-refractivity contribution in [3.63, 3.8) is 0 Å². The molecule has 0 amide bonds. The summed E-state index contributed by atoms with van der Waals surface area (Å²) in [5, 5.41) is 17.1. The molecule has 0 bridgehead atoms. The van der Waals surface area contributed by atoms with Crippen LogP contribution >= 0.6 is 11.3 Å². The van der Waals surface area contributed by atoms with E-state index in [0.29, 0.717) is 25.6 Å². The lowest BCUT2D eigenvalue weighted by Gasteiger charge is -2.13. The van der Waals surface area contributed by atoms with Gasteiger partial charge in [-0.2, -0.15) is 0 Å². The third kappa shape index (κ3) is 5.47. The Bertz CT molecular complexity index is 952. The van der Waals surface area contributed by atoms with E-state index in [1.165, 1.54) is 4.88 Å². The number of benzene rings is 1. The van der Waals surface area contributed by atoms with E-state index in [1.54, 1.807) is 25.6 Å². The molecule has 2 heterocycles. The van der Waals surface area contributed by atoms with Crippen LogP contribution in [0.3, 0.4) is 0 Å². The summed E-state index contributed by atoms with van der Waals surface area (Å²) in [5.74, 6) is 3.90. The molecule has 2 aromatic heterocycles. The molecule has 3 rings (SSSR count). The molecule has 0 aliphatic carbocycles. The topological polar surface area (TPSA) is 85.6 Å². The van der Waals surface area contributed by atoms with Crippen molar-refractivity contribution in [2.75, 3.05) is 14.2 Å². The number of ether oxygens (including phenoxy) is 2. The van der Waals surface area contributed by atoms with Crippen molar-refractivity contribution in [2.24, 2.45) is 12.0 Å². The standard InChI is InChI=1S/C20H26N6O2S/c1-14-24-25-19(26(14)2)13-23-20(22-12-17-6-5-9-29-17)21-11-15-7-8-16(27-3)10-18(15)28-4/h5-10H,11-13H2,1-4H3,(H2,21,22,23). The normalized spacial score (nSPS) is 11.4. The molecule has 0 aliphatic rings. The average Bonchev–Trinajstić information content (AvgIpc) is 3.38. The fourth-order valence-corrected chi connectivity index (χ4v) is 3.32. The minimum Gasteiger partial charge on any atom is -0.497 e. The average molecular weight is 415 g/mol. The minimum atomic E-state index is 0.463. The van der Waals surface area contributed by atoms with Gasteiger partial charge in [0.25, 0.3) is 0 Å². The van der Waals surface area contributed by atoms with Gasteiger partial charge in [-0.3, -0.25) is 0 Å². The zero-order valence-corrected chi connectivity index (χ0v) is 17.9. The maximum atomic E-state index is 5.48. The number of guanidine groups is 1. The number of nitrogens with zero attached hydrogens (tertiary/aromatic N) is 4. The van der Waals surface area contributed by atoms with Crippen molar-refractivity contribution < 1.29 is 9.47 Å². The van der Waals surface area contributed by atoms with Gasteiger partial charge in [0.1, 0.15) is 17.3 Å². The number of hydrogen-bond acceptors (Lipinski definition) is 6. The predicted molar refractivity (Wildman–Crippen MR) is 114 cm³/mol. The van der Waals surface area contributed by atoms with Crippen molar-refractivity contribution in [2.45, 2.75) is 26.6 Å². The summed E-state index contributed by atoms with van der Waals surface area (Å²) < 4.78 is 12.7. The molecule has 154 valence electrons. The second-order valence-electron chi connectivity index (χ2n) is 6.35. The summed E-state index contributed by atoms with van der Waals surface area (Å²) in [5.41, 5.74) is 0.972. The fraction of sp³-hybridized carbons (Fsp3) is 0.350. The lowest BCUT2D eigenvalue weighted by Crippen LogP contribution is -2.37. The monoisotopic (exact) mass is 414 g/mol. The second-order valence-corrected chi connectivity index (χ2v) is 7.38. The van der Waals surface area contributed by atoms with Gasteiger partial charge in [-0.1, -0.05) is 6.07 Å². The van der Waals surface area contributed by atoms with Crippen LogP contribution in [0, 0.1) is 6.92 Å². The minimum absolute atomic E-state index is 0.463. The Labute approximate surface area is 174 Å². The van der Waals surface area contributed by atoms with Crippen LogP contribution in [0.15, 0.2) is 40.7 Å². The number of nitrogens with one attached hydrogen (secondary N) is 2. The fourth-order valence-electron chi connectivity index (χ4n) is 2.67. The summed E-state index contributed by atoms with van der Waals surface area (Å²) in [6, 6.07) is 9.86. The van der Waals surface area contributed by atoms with Gasteiger partial charge in [-0.25, -0.2) is 4.99 Å². The smallest absolute Gasteiger partial charge is 0.192 e. The van der Waals surface area contributed by atoms with Crippen molar-refractivity contribution in [3.8, 4) is 11.5 Å². The highest BCUT2D eigenvalue weighted by Gasteiger charge is 2.08. The van der Waals surface area contributed by atoms with E-state index in [2.05, 4.69) is 32.3 Å². The van der Waals surface area contributed by atoms with Gasteiger partial charge >= 0.3 is 0 Å². The Morgan fingerprint density at radius 3 is 2.62 bits per heavy atom. The molecule has 8 nitrogen and oxygen atoms in total. The second kappa shape index (κ2) is 9.92. The molecule has 0 saturated heterocycles. The van der Waals surface area contributed by atoms with Gasteiger partial charge in [-0.15, -0.1) is 21.5 Å². The van der Waals surface area contributed by atoms with E-state index in [-0.39, 0.29) is 0 Å². The molecule has 0 fully saturated rings. The number of rotatable bonds is 8. The van der Waals surface area contributed by atoms with E-state index in [9.17, 15) is 0 Å². The van der Waals surface area contributed by atoms with Crippen LogP contribution in [-0.2, 0) is 26.7 Å². The van der Waals surface area contributed by atoms with Crippen LogP contribution in [0.4, 0.5) is 0 Å². The van der Waals surface area contributed by atoms with Crippen molar-refractivity contribution in [1.82, 2.24) is 25.4 Å². The molecule has 0 saturated carbocycles. The zero-order valence-electron chi connectivity index (χ0n) is 17.1. The largest absolute Gasteiger partial charge is 0.497 e. The number of aliphatic imine (C=N–C) groups is 1. The number of aromatic nitrogens is 3. The van der Waals surface area contributed by atoms with E-state index in [1.807, 2.05) is 42.8 Å². The molecule has 0 atom stereocenters. The number of methoxy groups -OCH3 is 2. The van der Waals surface area contributed by atoms with Crippen LogP contribution in [0.2, 0.25) is 0 Å². The molecule has 1 aromatic carbocycles. The Kier molecular flexibility index (Phi) is 7.07. The molecule has 9 heteroatoms. The van der Waals surface area contributed by atoms with Crippen LogP contribution in [0.1, 0.15) is 22.1 Å². The quantitative estimate of drug-likeness (QED) is 0.435. The maximum absolute atomic E-state index is 5.48. The van der Waals surface area contributed by atoms with Crippen molar-refractivity contribution >= 4 is 17.3 Å². The lowest BCUT2D eigenvalue weighted by atomic mass is 10.2. The maximum Gasteiger partial charge on any atom is 0.192 e. The van der Waals surface area contributed by atoms with Gasteiger partial charge < -0.3 is 24.7 Å². The number of thiophene rings is 1. The highest BCUT2D eigenvalue weighted by atomic mass is 32.1. The summed E-state index contributed by atoms with van der Waals surface area (Å²) in [7, 11) is 5.23. The van der Waals surface area contributed by atoms with E-state index < -0.39 is 0 Å². The first kappa shape index (κ1) is 20.7. The Morgan fingerprint density at radius 2 is 1.97 bits per heavy atom. The summed E-state index contributed by atoms with van der Waals surface area (Å²) >= 11 is 1.70. The molecule has 2 N–H and O–H groups in total.